The third kappa shape index (κ3) is 6.52. The van der Waals surface area contributed by atoms with Gasteiger partial charge in [0.15, 0.2) is 0 Å². The number of hydrogen-bond donors (Lipinski definition) is 0. The van der Waals surface area contributed by atoms with Gasteiger partial charge in [0.05, 0.1) is 23.4 Å². The Labute approximate surface area is 185 Å². The van der Waals surface area contributed by atoms with Crippen molar-refractivity contribution >= 4 is 29.3 Å². The van der Waals surface area contributed by atoms with Crippen LogP contribution in [0.3, 0.4) is 0 Å². The fourth-order valence-electron chi connectivity index (χ4n) is 2.82. The topological polar surface area (TPSA) is 68.7 Å². The molecule has 31 heavy (non-hydrogen) atoms. The molecule has 7 heteroatoms. The summed E-state index contributed by atoms with van der Waals surface area (Å²) in [5.41, 5.74) is 3.23. The van der Waals surface area contributed by atoms with Crippen LogP contribution in [0.2, 0.25) is 0 Å². The van der Waals surface area contributed by atoms with E-state index in [1.165, 1.54) is 13.2 Å². The minimum Gasteiger partial charge on any atom is -0.487 e. The van der Waals surface area contributed by atoms with Gasteiger partial charge in [0.2, 0.25) is 5.91 Å². The molecule has 2 aromatic carbocycles. The molecule has 0 spiro atoms. The lowest BCUT2D eigenvalue weighted by atomic mass is 10.1. The molecule has 0 radical (unpaired) electrons. The Morgan fingerprint density at radius 3 is 2.42 bits per heavy atom. The molecular weight excluding hydrogens is 412 g/mol. The Kier molecular flexibility index (Phi) is 7.56. The van der Waals surface area contributed by atoms with Crippen molar-refractivity contribution in [1.29, 1.82) is 0 Å². The summed E-state index contributed by atoms with van der Waals surface area (Å²) in [7, 11) is 3.08. The molecule has 6 nitrogen and oxygen atoms in total. The Morgan fingerprint density at radius 1 is 1.10 bits per heavy atom. The smallest absolute Gasteiger partial charge is 0.337 e. The Balaban J connectivity index is 1.50. The number of thiazole rings is 1. The van der Waals surface area contributed by atoms with Crippen molar-refractivity contribution in [3.05, 3.63) is 87.4 Å². The molecule has 0 N–H and O–H groups in total. The first-order valence-corrected chi connectivity index (χ1v) is 10.6. The van der Waals surface area contributed by atoms with Gasteiger partial charge in [-0.25, -0.2) is 9.78 Å². The van der Waals surface area contributed by atoms with Crippen molar-refractivity contribution in [2.24, 2.45) is 0 Å². The first-order chi connectivity index (χ1) is 14.9. The average molecular weight is 437 g/mol. The van der Waals surface area contributed by atoms with Crippen LogP contribution in [-0.4, -0.2) is 35.9 Å². The van der Waals surface area contributed by atoms with E-state index in [2.05, 4.69) is 9.72 Å². The summed E-state index contributed by atoms with van der Waals surface area (Å²) in [5.74, 6) is 0.256. The number of likely N-dealkylation sites (N-methyl/N-ethyl adjacent to an activating group) is 1. The molecule has 0 aliphatic carbocycles. The van der Waals surface area contributed by atoms with Gasteiger partial charge < -0.3 is 14.4 Å². The lowest BCUT2D eigenvalue weighted by Gasteiger charge is -2.15. The summed E-state index contributed by atoms with van der Waals surface area (Å²) in [6.07, 6.45) is 3.31. The van der Waals surface area contributed by atoms with Gasteiger partial charge in [0.25, 0.3) is 0 Å². The summed E-state index contributed by atoms with van der Waals surface area (Å²) in [4.78, 5) is 29.9. The van der Waals surface area contributed by atoms with E-state index < -0.39 is 0 Å². The highest BCUT2D eigenvalue weighted by molar-refractivity contribution is 7.09. The van der Waals surface area contributed by atoms with E-state index in [9.17, 15) is 9.59 Å². The van der Waals surface area contributed by atoms with E-state index in [-0.39, 0.29) is 11.9 Å². The molecule has 0 saturated carbocycles. The van der Waals surface area contributed by atoms with Crippen molar-refractivity contribution in [2.45, 2.75) is 20.1 Å². The van der Waals surface area contributed by atoms with Crippen molar-refractivity contribution in [2.75, 3.05) is 14.2 Å². The van der Waals surface area contributed by atoms with Crippen LogP contribution in [0.5, 0.6) is 5.75 Å². The van der Waals surface area contributed by atoms with Gasteiger partial charge in [-0.1, -0.05) is 24.3 Å². The van der Waals surface area contributed by atoms with Crippen LogP contribution < -0.4 is 4.74 Å². The van der Waals surface area contributed by atoms with Gasteiger partial charge in [0.1, 0.15) is 12.4 Å². The zero-order chi connectivity index (χ0) is 22.2. The molecule has 0 aliphatic heterocycles. The van der Waals surface area contributed by atoms with Crippen LogP contribution in [0, 0.1) is 6.92 Å². The molecule has 3 rings (SSSR count). The minimum absolute atomic E-state index is 0.115. The molecule has 160 valence electrons. The van der Waals surface area contributed by atoms with E-state index in [1.807, 2.05) is 48.7 Å². The number of aryl methyl sites for hydroxylation is 1. The number of nitrogens with zero attached hydrogens (tertiary/aromatic N) is 2. The third-order valence-electron chi connectivity index (χ3n) is 4.52. The summed E-state index contributed by atoms with van der Waals surface area (Å²) < 4.78 is 10.4. The molecule has 0 bridgehead atoms. The number of carbonyl (C=O) groups excluding carboxylic acids is 2. The second kappa shape index (κ2) is 10.5. The number of carbonyl (C=O) groups is 2. The third-order valence-corrected chi connectivity index (χ3v) is 5.35. The summed E-state index contributed by atoms with van der Waals surface area (Å²) in [6.45, 7) is 2.84. The highest BCUT2D eigenvalue weighted by Gasteiger charge is 2.08. The van der Waals surface area contributed by atoms with E-state index in [0.717, 1.165) is 27.6 Å². The van der Waals surface area contributed by atoms with Crippen molar-refractivity contribution in [3.63, 3.8) is 0 Å². The monoisotopic (exact) mass is 436 g/mol. The Bertz CT molecular complexity index is 1060. The second-order valence-electron chi connectivity index (χ2n) is 6.93. The Hall–Kier alpha value is -3.45. The number of rotatable bonds is 8. The number of aromatic nitrogens is 1. The predicted octanol–water partition coefficient (Wildman–Crippen LogP) is 4.49. The minimum atomic E-state index is -0.381. The maximum atomic E-state index is 12.4. The van der Waals surface area contributed by atoms with Crippen LogP contribution in [0.15, 0.2) is 60.0 Å². The zero-order valence-corrected chi connectivity index (χ0v) is 18.5. The molecule has 0 atom stereocenters. The van der Waals surface area contributed by atoms with Crippen molar-refractivity contribution in [1.82, 2.24) is 9.88 Å². The standard InChI is InChI=1S/C24H24N2O4S/c1-17-25-21(16-31-17)15-30-22-11-6-18(7-12-22)8-13-23(27)26(2)14-19-4-9-20(10-5-19)24(28)29-3/h4-13,16H,14-15H2,1-3H3/b13-8+. The Morgan fingerprint density at radius 2 is 1.81 bits per heavy atom. The van der Waals surface area contributed by atoms with Crippen LogP contribution in [0.25, 0.3) is 6.08 Å². The van der Waals surface area contributed by atoms with Gasteiger partial charge in [-0.2, -0.15) is 0 Å². The highest BCUT2D eigenvalue weighted by Crippen LogP contribution is 2.16. The molecule has 0 unspecified atom stereocenters. The zero-order valence-electron chi connectivity index (χ0n) is 17.7. The van der Waals surface area contributed by atoms with Crippen LogP contribution in [0.1, 0.15) is 32.2 Å². The van der Waals surface area contributed by atoms with Crippen LogP contribution in [-0.2, 0) is 22.7 Å². The molecule has 0 saturated heterocycles. The number of esters is 1. The van der Waals surface area contributed by atoms with E-state index in [1.54, 1.807) is 41.5 Å². The summed E-state index contributed by atoms with van der Waals surface area (Å²) in [6, 6.07) is 14.5. The SMILES string of the molecule is COC(=O)c1ccc(CN(C)C(=O)/C=C/c2ccc(OCc3csc(C)n3)cc2)cc1. The van der Waals surface area contributed by atoms with Gasteiger partial charge in [-0.05, 0) is 48.4 Å². The van der Waals surface area contributed by atoms with Crippen LogP contribution >= 0.6 is 11.3 Å². The molecule has 1 heterocycles. The maximum absolute atomic E-state index is 12.4. The number of hydrogen-bond acceptors (Lipinski definition) is 6. The van der Waals surface area contributed by atoms with Gasteiger partial charge in [-0.15, -0.1) is 11.3 Å². The fourth-order valence-corrected chi connectivity index (χ4v) is 3.41. The lowest BCUT2D eigenvalue weighted by Crippen LogP contribution is -2.24. The lowest BCUT2D eigenvalue weighted by molar-refractivity contribution is -0.125. The molecule has 1 aromatic heterocycles. The average Bonchev–Trinajstić information content (AvgIpc) is 3.21. The normalized spacial score (nSPS) is 10.8. The number of methoxy groups -OCH3 is 1. The molecule has 0 fully saturated rings. The molecule has 0 aliphatic rings. The van der Waals surface area contributed by atoms with E-state index in [0.29, 0.717) is 18.7 Å². The molecule has 1 amide bonds. The van der Waals surface area contributed by atoms with Gasteiger partial charge >= 0.3 is 5.97 Å². The largest absolute Gasteiger partial charge is 0.487 e. The summed E-state index contributed by atoms with van der Waals surface area (Å²) >= 11 is 1.60. The number of ether oxygens (including phenoxy) is 2. The highest BCUT2D eigenvalue weighted by atomic mass is 32.1. The predicted molar refractivity (Wildman–Crippen MR) is 121 cm³/mol. The first-order valence-electron chi connectivity index (χ1n) is 9.69. The number of amides is 1. The van der Waals surface area contributed by atoms with Crippen LogP contribution in [0.4, 0.5) is 0 Å². The fraction of sp³-hybridized carbons (Fsp3) is 0.208. The quantitative estimate of drug-likeness (QED) is 0.384. The second-order valence-corrected chi connectivity index (χ2v) is 7.99. The van der Waals surface area contributed by atoms with Gasteiger partial charge in [0, 0.05) is 25.0 Å². The molecule has 3 aromatic rings. The first kappa shape index (κ1) is 22.2. The maximum Gasteiger partial charge on any atom is 0.337 e. The van der Waals surface area contributed by atoms with E-state index >= 15 is 0 Å². The molecular formula is C24H24N2O4S. The van der Waals surface area contributed by atoms with Crippen molar-refractivity contribution < 1.29 is 19.1 Å². The van der Waals surface area contributed by atoms with Crippen molar-refractivity contribution in [3.8, 4) is 5.75 Å². The van der Waals surface area contributed by atoms with E-state index in [4.69, 9.17) is 4.74 Å². The number of benzene rings is 2. The summed E-state index contributed by atoms with van der Waals surface area (Å²) in [5, 5.41) is 3.01. The van der Waals surface area contributed by atoms with Gasteiger partial charge in [-0.3, -0.25) is 4.79 Å².